The van der Waals surface area contributed by atoms with E-state index in [0.717, 1.165) is 57.8 Å². The SMILES string of the molecule is CCCC/C=C\C/C=C\C(CCCCCCC(=O)O)OC(=O)CCCCCCCCC/C=C\C/C=C\CCCCCC. The number of ether oxygens (including phenoxy) is 1. The van der Waals surface area contributed by atoms with Crippen molar-refractivity contribution in [2.45, 2.75) is 180 Å². The summed E-state index contributed by atoms with van der Waals surface area (Å²) in [6.07, 6.45) is 44.2. The standard InChI is InChI=1S/C38H66O4/c1-3-5-7-9-11-12-13-14-15-16-17-18-19-20-21-23-25-31-35-38(41)42-36(32-28-24-22-10-8-6-4-2)33-29-26-27-30-34-37(39)40/h10,12-13,15-16,22,28,32,36H,3-9,11,14,17-21,23-27,29-31,33-35H2,1-2H3,(H,39,40)/b13-12-,16-15-,22-10-,32-28-. The third-order valence-corrected chi connectivity index (χ3v) is 7.51. The average molecular weight is 587 g/mol. The first-order valence-electron chi connectivity index (χ1n) is 17.6. The molecule has 0 aromatic carbocycles. The van der Waals surface area contributed by atoms with Gasteiger partial charge in [0.05, 0.1) is 0 Å². The van der Waals surface area contributed by atoms with Crippen LogP contribution in [0.5, 0.6) is 0 Å². The molecule has 0 saturated heterocycles. The number of unbranched alkanes of at least 4 members (excludes halogenated alkanes) is 16. The lowest BCUT2D eigenvalue weighted by molar-refractivity contribution is -0.147. The molecule has 4 nitrogen and oxygen atoms in total. The minimum atomic E-state index is -0.730. The van der Waals surface area contributed by atoms with Crippen molar-refractivity contribution in [1.82, 2.24) is 0 Å². The van der Waals surface area contributed by atoms with Crippen molar-refractivity contribution in [1.29, 1.82) is 0 Å². The van der Waals surface area contributed by atoms with E-state index < -0.39 is 5.97 Å². The second-order valence-electron chi connectivity index (χ2n) is 11.7. The molecule has 0 amide bonds. The quantitative estimate of drug-likeness (QED) is 0.0498. The zero-order chi connectivity index (χ0) is 30.8. The monoisotopic (exact) mass is 586 g/mol. The Labute approximate surface area is 260 Å². The molecule has 4 heteroatoms. The molecule has 0 fully saturated rings. The van der Waals surface area contributed by atoms with Gasteiger partial charge in [-0.25, -0.2) is 0 Å². The lowest BCUT2D eigenvalue weighted by Gasteiger charge is -2.14. The highest BCUT2D eigenvalue weighted by atomic mass is 16.5. The van der Waals surface area contributed by atoms with Gasteiger partial charge >= 0.3 is 11.9 Å². The zero-order valence-electron chi connectivity index (χ0n) is 27.5. The first-order valence-corrected chi connectivity index (χ1v) is 17.6. The fourth-order valence-corrected chi connectivity index (χ4v) is 4.85. The molecule has 0 rings (SSSR count). The molecule has 0 aliphatic rings. The summed E-state index contributed by atoms with van der Waals surface area (Å²) in [5.74, 6) is -0.820. The minimum absolute atomic E-state index is 0.0906. The van der Waals surface area contributed by atoms with Gasteiger partial charge in [0.1, 0.15) is 6.10 Å². The van der Waals surface area contributed by atoms with Gasteiger partial charge in [-0.05, 0) is 76.7 Å². The fraction of sp³-hybridized carbons (Fsp3) is 0.737. The molecule has 0 spiro atoms. The Morgan fingerprint density at radius 2 is 1.02 bits per heavy atom. The molecule has 42 heavy (non-hydrogen) atoms. The molecule has 1 unspecified atom stereocenters. The highest BCUT2D eigenvalue weighted by Crippen LogP contribution is 2.15. The van der Waals surface area contributed by atoms with Crippen molar-refractivity contribution >= 4 is 11.9 Å². The maximum atomic E-state index is 12.5. The number of rotatable bonds is 31. The number of aliphatic carboxylic acids is 1. The molecule has 0 heterocycles. The summed E-state index contributed by atoms with van der Waals surface area (Å²) in [6.45, 7) is 4.46. The van der Waals surface area contributed by atoms with Crippen LogP contribution in [0.3, 0.4) is 0 Å². The Morgan fingerprint density at radius 3 is 1.62 bits per heavy atom. The number of carbonyl (C=O) groups excluding carboxylic acids is 1. The molecule has 0 aromatic rings. The molecule has 0 saturated carbocycles. The van der Waals surface area contributed by atoms with E-state index >= 15 is 0 Å². The first kappa shape index (κ1) is 39.9. The van der Waals surface area contributed by atoms with Crippen LogP contribution in [-0.4, -0.2) is 23.1 Å². The summed E-state index contributed by atoms with van der Waals surface area (Å²) in [4.78, 5) is 23.2. The third-order valence-electron chi connectivity index (χ3n) is 7.51. The van der Waals surface area contributed by atoms with Gasteiger partial charge in [-0.3, -0.25) is 9.59 Å². The van der Waals surface area contributed by atoms with Crippen LogP contribution in [0.2, 0.25) is 0 Å². The predicted molar refractivity (Wildman–Crippen MR) is 181 cm³/mol. The summed E-state index contributed by atoms with van der Waals surface area (Å²) in [5.41, 5.74) is 0. The van der Waals surface area contributed by atoms with Gasteiger partial charge in [-0.1, -0.05) is 133 Å². The lowest BCUT2D eigenvalue weighted by atomic mass is 10.1. The van der Waals surface area contributed by atoms with Crippen LogP contribution in [-0.2, 0) is 14.3 Å². The Balaban J connectivity index is 3.97. The molecule has 1 atom stereocenters. The molecule has 0 aliphatic carbocycles. The Morgan fingerprint density at radius 1 is 0.548 bits per heavy atom. The molecule has 0 aromatic heterocycles. The van der Waals surface area contributed by atoms with E-state index in [4.69, 9.17) is 9.84 Å². The maximum Gasteiger partial charge on any atom is 0.306 e. The normalized spacial score (nSPS) is 12.8. The second-order valence-corrected chi connectivity index (χ2v) is 11.7. The Hall–Kier alpha value is -2.10. The summed E-state index contributed by atoms with van der Waals surface area (Å²) in [6, 6.07) is 0. The van der Waals surface area contributed by atoms with Crippen LogP contribution in [0.4, 0.5) is 0 Å². The molecule has 242 valence electrons. The van der Waals surface area contributed by atoms with Gasteiger partial charge in [0.15, 0.2) is 0 Å². The summed E-state index contributed by atoms with van der Waals surface area (Å²) in [7, 11) is 0. The molecule has 1 N–H and O–H groups in total. The maximum absolute atomic E-state index is 12.5. The fourth-order valence-electron chi connectivity index (χ4n) is 4.85. The highest BCUT2D eigenvalue weighted by Gasteiger charge is 2.11. The topological polar surface area (TPSA) is 63.6 Å². The zero-order valence-corrected chi connectivity index (χ0v) is 27.5. The second kappa shape index (κ2) is 33.4. The Bertz CT molecular complexity index is 719. The van der Waals surface area contributed by atoms with E-state index in [2.05, 4.69) is 56.4 Å². The summed E-state index contributed by atoms with van der Waals surface area (Å²) >= 11 is 0. The highest BCUT2D eigenvalue weighted by molar-refractivity contribution is 5.69. The molecular formula is C38H66O4. The average Bonchev–Trinajstić information content (AvgIpc) is 2.97. The number of hydrogen-bond acceptors (Lipinski definition) is 3. The van der Waals surface area contributed by atoms with E-state index in [1.165, 1.54) is 83.5 Å². The number of allylic oxidation sites excluding steroid dienone is 7. The van der Waals surface area contributed by atoms with Crippen LogP contribution in [0.1, 0.15) is 174 Å². The smallest absolute Gasteiger partial charge is 0.306 e. The Kier molecular flexibility index (Phi) is 31.7. The van der Waals surface area contributed by atoms with E-state index in [9.17, 15) is 9.59 Å². The summed E-state index contributed by atoms with van der Waals surface area (Å²) < 4.78 is 5.82. The van der Waals surface area contributed by atoms with Gasteiger partial charge in [0, 0.05) is 12.8 Å². The molecule has 0 bridgehead atoms. The van der Waals surface area contributed by atoms with Gasteiger partial charge < -0.3 is 9.84 Å². The lowest BCUT2D eigenvalue weighted by Crippen LogP contribution is -2.16. The van der Waals surface area contributed by atoms with Crippen molar-refractivity contribution in [2.24, 2.45) is 0 Å². The number of carboxylic acids is 1. The van der Waals surface area contributed by atoms with E-state index in [0.29, 0.717) is 12.8 Å². The molecule has 0 aliphatic heterocycles. The van der Waals surface area contributed by atoms with Gasteiger partial charge in [0.25, 0.3) is 0 Å². The van der Waals surface area contributed by atoms with Gasteiger partial charge in [-0.2, -0.15) is 0 Å². The van der Waals surface area contributed by atoms with Gasteiger partial charge in [0.2, 0.25) is 0 Å². The van der Waals surface area contributed by atoms with Crippen molar-refractivity contribution in [3.05, 3.63) is 48.6 Å². The number of carboxylic acid groups (broad SMARTS) is 1. The van der Waals surface area contributed by atoms with E-state index in [1.807, 2.05) is 6.08 Å². The minimum Gasteiger partial charge on any atom is -0.481 e. The summed E-state index contributed by atoms with van der Waals surface area (Å²) in [5, 5.41) is 8.79. The van der Waals surface area contributed by atoms with Crippen LogP contribution < -0.4 is 0 Å². The van der Waals surface area contributed by atoms with Crippen molar-refractivity contribution in [3.8, 4) is 0 Å². The molecule has 0 radical (unpaired) electrons. The van der Waals surface area contributed by atoms with Crippen LogP contribution in [0, 0.1) is 0 Å². The largest absolute Gasteiger partial charge is 0.481 e. The van der Waals surface area contributed by atoms with Crippen molar-refractivity contribution < 1.29 is 19.4 Å². The van der Waals surface area contributed by atoms with Crippen molar-refractivity contribution in [2.75, 3.05) is 0 Å². The first-order chi connectivity index (χ1) is 20.6. The van der Waals surface area contributed by atoms with Gasteiger partial charge in [-0.15, -0.1) is 0 Å². The van der Waals surface area contributed by atoms with Crippen molar-refractivity contribution in [3.63, 3.8) is 0 Å². The predicted octanol–water partition coefficient (Wildman–Crippen LogP) is 12.0. The molecular weight excluding hydrogens is 520 g/mol. The number of hydrogen-bond donors (Lipinski definition) is 1. The van der Waals surface area contributed by atoms with E-state index in [-0.39, 0.29) is 18.5 Å². The number of carbonyl (C=O) groups is 2. The number of esters is 1. The van der Waals surface area contributed by atoms with E-state index in [1.54, 1.807) is 0 Å². The van der Waals surface area contributed by atoms with Crippen LogP contribution in [0.15, 0.2) is 48.6 Å². The van der Waals surface area contributed by atoms with Crippen LogP contribution >= 0.6 is 0 Å². The van der Waals surface area contributed by atoms with Crippen LogP contribution in [0.25, 0.3) is 0 Å². The third kappa shape index (κ3) is 32.4.